The molecule has 0 atom stereocenters. The van der Waals surface area contributed by atoms with Crippen molar-refractivity contribution in [3.8, 4) is 0 Å². The van der Waals surface area contributed by atoms with Gasteiger partial charge in [0.25, 0.3) is 0 Å². The Hall–Kier alpha value is -1.82. The fraction of sp³-hybridized carbons (Fsp3) is 0.300. The molecule has 104 valence electrons. The molecular weight excluding hydrogens is 240 g/mol. The summed E-state index contributed by atoms with van der Waals surface area (Å²) in [6, 6.07) is 19.6. The molecule has 0 aromatic heterocycles. The van der Waals surface area contributed by atoms with Crippen LogP contribution in [0.15, 0.2) is 60.2 Å². The van der Waals surface area contributed by atoms with Gasteiger partial charge in [-0.2, -0.15) is 0 Å². The lowest BCUT2D eigenvalue weighted by molar-refractivity contribution is 0.865. The zero-order valence-electron chi connectivity index (χ0n) is 12.8. The molecule has 0 fully saturated rings. The minimum Gasteiger partial charge on any atom is -0.0655 e. The number of hydrogen-bond acceptors (Lipinski definition) is 0. The predicted octanol–water partition coefficient (Wildman–Crippen LogP) is 5.85. The van der Waals surface area contributed by atoms with Gasteiger partial charge in [0, 0.05) is 0 Å². The molecule has 0 saturated heterocycles. The summed E-state index contributed by atoms with van der Waals surface area (Å²) in [5.74, 6) is 0.606. The third-order valence-electron chi connectivity index (χ3n) is 3.70. The second-order valence-electron chi connectivity index (χ2n) is 5.64. The van der Waals surface area contributed by atoms with Gasteiger partial charge in [0.15, 0.2) is 0 Å². The molecular formula is C20H24. The van der Waals surface area contributed by atoms with Crippen LogP contribution in [0.1, 0.15) is 49.8 Å². The molecule has 0 heteroatoms. The molecule has 0 saturated carbocycles. The van der Waals surface area contributed by atoms with Crippen molar-refractivity contribution in [3.05, 3.63) is 76.9 Å². The van der Waals surface area contributed by atoms with E-state index in [1.165, 1.54) is 22.3 Å². The minimum atomic E-state index is 0.606. The highest BCUT2D eigenvalue weighted by molar-refractivity contribution is 5.53. The van der Waals surface area contributed by atoms with Crippen LogP contribution in [0.4, 0.5) is 0 Å². The molecule has 2 rings (SSSR count). The van der Waals surface area contributed by atoms with E-state index >= 15 is 0 Å². The molecule has 2 aromatic carbocycles. The molecule has 0 heterocycles. The normalized spacial score (nSPS) is 11.9. The van der Waals surface area contributed by atoms with Gasteiger partial charge in [0.05, 0.1) is 0 Å². The summed E-state index contributed by atoms with van der Waals surface area (Å²) in [5, 5.41) is 0. The van der Waals surface area contributed by atoms with Crippen LogP contribution >= 0.6 is 0 Å². The average molecular weight is 264 g/mol. The Morgan fingerprint density at radius 3 is 2.15 bits per heavy atom. The van der Waals surface area contributed by atoms with Crippen molar-refractivity contribution < 1.29 is 0 Å². The number of hydrogen-bond donors (Lipinski definition) is 0. The Morgan fingerprint density at radius 2 is 1.60 bits per heavy atom. The molecule has 0 unspecified atom stereocenters. The van der Waals surface area contributed by atoms with Crippen LogP contribution in [-0.4, -0.2) is 0 Å². The lowest BCUT2D eigenvalue weighted by Crippen LogP contribution is -1.92. The van der Waals surface area contributed by atoms with Crippen LogP contribution in [0.3, 0.4) is 0 Å². The summed E-state index contributed by atoms with van der Waals surface area (Å²) in [5.41, 5.74) is 5.59. The van der Waals surface area contributed by atoms with E-state index in [0.717, 1.165) is 12.8 Å². The number of benzene rings is 2. The topological polar surface area (TPSA) is 0 Å². The number of allylic oxidation sites excluding steroid dienone is 1. The minimum absolute atomic E-state index is 0.606. The van der Waals surface area contributed by atoms with Gasteiger partial charge in [0.1, 0.15) is 0 Å². The Bertz CT molecular complexity index is 544. The van der Waals surface area contributed by atoms with Crippen molar-refractivity contribution >= 4 is 6.08 Å². The van der Waals surface area contributed by atoms with Crippen LogP contribution in [0, 0.1) is 0 Å². The van der Waals surface area contributed by atoms with Crippen LogP contribution in [-0.2, 0) is 6.42 Å². The first-order valence-corrected chi connectivity index (χ1v) is 7.52. The standard InChI is InChI=1S/C20H24/c1-4-17(14-18-8-6-5-7-9-18)15-19-10-12-20(13-11-19)16(2)3/h5-14,16H,4,15H2,1-3H3/b17-14+. The highest BCUT2D eigenvalue weighted by atomic mass is 14.1. The maximum atomic E-state index is 2.32. The van der Waals surface area contributed by atoms with Gasteiger partial charge in [-0.15, -0.1) is 0 Å². The molecule has 0 aliphatic rings. The predicted molar refractivity (Wildman–Crippen MR) is 88.9 cm³/mol. The van der Waals surface area contributed by atoms with Crippen molar-refractivity contribution in [1.29, 1.82) is 0 Å². The van der Waals surface area contributed by atoms with E-state index < -0.39 is 0 Å². The van der Waals surface area contributed by atoms with Gasteiger partial charge in [0.2, 0.25) is 0 Å². The fourth-order valence-corrected chi connectivity index (χ4v) is 2.35. The summed E-state index contributed by atoms with van der Waals surface area (Å²) in [6.45, 7) is 6.71. The van der Waals surface area contributed by atoms with Crippen LogP contribution in [0.2, 0.25) is 0 Å². The first-order valence-electron chi connectivity index (χ1n) is 7.52. The third kappa shape index (κ3) is 4.09. The van der Waals surface area contributed by atoms with Gasteiger partial charge < -0.3 is 0 Å². The smallest absolute Gasteiger partial charge is 0.00639 e. The van der Waals surface area contributed by atoms with Crippen molar-refractivity contribution in [2.45, 2.75) is 39.5 Å². The lowest BCUT2D eigenvalue weighted by Gasteiger charge is -2.09. The second-order valence-corrected chi connectivity index (χ2v) is 5.64. The fourth-order valence-electron chi connectivity index (χ4n) is 2.35. The van der Waals surface area contributed by atoms with Gasteiger partial charge in [-0.1, -0.05) is 87.0 Å². The van der Waals surface area contributed by atoms with Gasteiger partial charge >= 0.3 is 0 Å². The highest BCUT2D eigenvalue weighted by Crippen LogP contribution is 2.19. The van der Waals surface area contributed by atoms with Crippen molar-refractivity contribution in [2.75, 3.05) is 0 Å². The number of rotatable bonds is 5. The van der Waals surface area contributed by atoms with Crippen LogP contribution in [0.5, 0.6) is 0 Å². The summed E-state index contributed by atoms with van der Waals surface area (Å²) < 4.78 is 0. The van der Waals surface area contributed by atoms with Gasteiger partial charge in [-0.25, -0.2) is 0 Å². The van der Waals surface area contributed by atoms with E-state index in [4.69, 9.17) is 0 Å². The summed E-state index contributed by atoms with van der Waals surface area (Å²) in [7, 11) is 0. The first kappa shape index (κ1) is 14.6. The second kappa shape index (κ2) is 7.09. The molecule has 0 aliphatic carbocycles. The molecule has 0 bridgehead atoms. The molecule has 20 heavy (non-hydrogen) atoms. The third-order valence-corrected chi connectivity index (χ3v) is 3.70. The SMILES string of the molecule is CC/C(=C\c1ccccc1)Cc1ccc(C(C)C)cc1. The van der Waals surface area contributed by atoms with Crippen molar-refractivity contribution in [3.63, 3.8) is 0 Å². The Morgan fingerprint density at radius 1 is 0.950 bits per heavy atom. The first-order chi connectivity index (χ1) is 9.69. The molecule has 0 radical (unpaired) electrons. The van der Waals surface area contributed by atoms with E-state index in [9.17, 15) is 0 Å². The highest BCUT2D eigenvalue weighted by Gasteiger charge is 2.01. The van der Waals surface area contributed by atoms with E-state index in [-0.39, 0.29) is 0 Å². The maximum Gasteiger partial charge on any atom is -0.00639 e. The Labute approximate surface area is 123 Å². The zero-order valence-corrected chi connectivity index (χ0v) is 12.8. The zero-order chi connectivity index (χ0) is 14.4. The Balaban J connectivity index is 2.12. The van der Waals surface area contributed by atoms with Gasteiger partial charge in [-0.3, -0.25) is 0 Å². The largest absolute Gasteiger partial charge is 0.0655 e. The van der Waals surface area contributed by atoms with E-state index in [0.29, 0.717) is 5.92 Å². The van der Waals surface area contributed by atoms with Crippen molar-refractivity contribution in [2.24, 2.45) is 0 Å². The summed E-state index contributed by atoms with van der Waals surface area (Å²) in [6.07, 6.45) is 4.46. The average Bonchev–Trinajstić information content (AvgIpc) is 2.48. The quantitative estimate of drug-likeness (QED) is 0.635. The monoisotopic (exact) mass is 264 g/mol. The summed E-state index contributed by atoms with van der Waals surface area (Å²) >= 11 is 0. The molecule has 0 amide bonds. The molecule has 0 nitrogen and oxygen atoms in total. The molecule has 0 aliphatic heterocycles. The lowest BCUT2D eigenvalue weighted by atomic mass is 9.97. The van der Waals surface area contributed by atoms with E-state index in [1.807, 2.05) is 0 Å². The molecule has 0 spiro atoms. The molecule has 0 N–H and O–H groups in total. The van der Waals surface area contributed by atoms with Crippen LogP contribution in [0.25, 0.3) is 6.08 Å². The van der Waals surface area contributed by atoms with Gasteiger partial charge in [-0.05, 0) is 35.4 Å². The van der Waals surface area contributed by atoms with Crippen LogP contribution < -0.4 is 0 Å². The Kier molecular flexibility index (Phi) is 5.17. The van der Waals surface area contributed by atoms with E-state index in [1.54, 1.807) is 0 Å². The van der Waals surface area contributed by atoms with Crippen molar-refractivity contribution in [1.82, 2.24) is 0 Å². The molecule has 2 aromatic rings. The summed E-state index contributed by atoms with van der Waals surface area (Å²) in [4.78, 5) is 0. The van der Waals surface area contributed by atoms with E-state index in [2.05, 4.69) is 81.4 Å². The maximum absolute atomic E-state index is 2.32.